The van der Waals surface area contributed by atoms with Crippen molar-refractivity contribution in [2.75, 3.05) is 32.8 Å². The lowest BCUT2D eigenvalue weighted by Gasteiger charge is -2.33. The highest BCUT2D eigenvalue weighted by atomic mass is 32.2. The molecule has 1 aromatic carbocycles. The number of hydrogen-bond acceptors (Lipinski definition) is 4. The van der Waals surface area contributed by atoms with E-state index in [1.54, 1.807) is 0 Å². The number of hydrogen-bond donors (Lipinski definition) is 1. The van der Waals surface area contributed by atoms with Gasteiger partial charge < -0.3 is 4.90 Å². The third kappa shape index (κ3) is 3.38. The van der Waals surface area contributed by atoms with E-state index in [2.05, 4.69) is 0 Å². The predicted octanol–water partition coefficient (Wildman–Crippen LogP) is -0.376. The van der Waals surface area contributed by atoms with E-state index in [-0.39, 0.29) is 48.3 Å². The molecule has 2 fully saturated rings. The summed E-state index contributed by atoms with van der Waals surface area (Å²) < 4.78 is 40.1. The van der Waals surface area contributed by atoms with Gasteiger partial charge in [0.15, 0.2) is 6.67 Å². The first kappa shape index (κ1) is 19.2. The number of rotatable bonds is 4. The summed E-state index contributed by atoms with van der Waals surface area (Å²) >= 11 is 0. The fourth-order valence-electron chi connectivity index (χ4n) is 4.23. The summed E-state index contributed by atoms with van der Waals surface area (Å²) in [6.45, 7) is 1.77. The van der Waals surface area contributed by atoms with Crippen molar-refractivity contribution in [3.8, 4) is 0 Å². The van der Waals surface area contributed by atoms with Gasteiger partial charge in [0, 0.05) is 0 Å². The van der Waals surface area contributed by atoms with E-state index in [4.69, 9.17) is 0 Å². The maximum absolute atomic E-state index is 13.4. The summed E-state index contributed by atoms with van der Waals surface area (Å²) in [6.07, 6.45) is 5.14. The largest absolute Gasteiger partial charge is 0.315 e. The molecule has 28 heavy (non-hydrogen) atoms. The van der Waals surface area contributed by atoms with Crippen molar-refractivity contribution in [2.45, 2.75) is 17.7 Å². The molecule has 3 aliphatic rings. The molecular formula is C19H23FN3O4S+. The van der Waals surface area contributed by atoms with Crippen LogP contribution in [0.3, 0.4) is 0 Å². The van der Waals surface area contributed by atoms with Crippen LogP contribution < -0.4 is 4.90 Å². The Morgan fingerprint density at radius 3 is 2.21 bits per heavy atom. The number of fused-ring (bicyclic) bond motifs is 1. The molecule has 2 amide bonds. The number of sulfonamides is 1. The van der Waals surface area contributed by atoms with Crippen LogP contribution in [0.4, 0.5) is 4.39 Å². The number of halogens is 1. The molecule has 150 valence electrons. The lowest BCUT2D eigenvalue weighted by Crippen LogP contribution is -3.16. The van der Waals surface area contributed by atoms with Crippen molar-refractivity contribution < 1.29 is 27.3 Å². The number of carbonyl (C=O) groups excluding carboxylic acids is 2. The smallest absolute Gasteiger partial charge is 0.243 e. The molecule has 0 unspecified atom stereocenters. The average molecular weight is 408 g/mol. The third-order valence-corrected chi connectivity index (χ3v) is 7.74. The topological polar surface area (TPSA) is 79.2 Å². The van der Waals surface area contributed by atoms with E-state index >= 15 is 0 Å². The molecule has 2 saturated heterocycles. The number of nitrogens with one attached hydrogen (secondary N) is 1. The van der Waals surface area contributed by atoms with Crippen molar-refractivity contribution in [1.82, 2.24) is 9.21 Å². The van der Waals surface area contributed by atoms with Crippen LogP contribution in [0.25, 0.3) is 0 Å². The monoisotopic (exact) mass is 408 g/mol. The highest BCUT2D eigenvalue weighted by molar-refractivity contribution is 7.89. The Labute approximate surface area is 163 Å². The fourth-order valence-corrected chi connectivity index (χ4v) is 5.70. The van der Waals surface area contributed by atoms with Gasteiger partial charge in [-0.3, -0.25) is 9.59 Å². The summed E-state index contributed by atoms with van der Waals surface area (Å²) in [5, 5.41) is 0. The third-order valence-electron chi connectivity index (χ3n) is 5.84. The molecule has 2 heterocycles. The van der Waals surface area contributed by atoms with Gasteiger partial charge in [0.1, 0.15) is 5.82 Å². The Morgan fingerprint density at radius 1 is 1.04 bits per heavy atom. The number of likely N-dealkylation sites (tertiary alicyclic amines) is 1. The summed E-state index contributed by atoms with van der Waals surface area (Å²) in [6, 6.07) is 4.99. The molecule has 0 radical (unpaired) electrons. The predicted molar refractivity (Wildman–Crippen MR) is 97.9 cm³/mol. The summed E-state index contributed by atoms with van der Waals surface area (Å²) in [4.78, 5) is 27.5. The number of amides is 2. The van der Waals surface area contributed by atoms with E-state index in [1.165, 1.54) is 27.4 Å². The van der Waals surface area contributed by atoms with Crippen molar-refractivity contribution >= 4 is 21.8 Å². The molecular weight excluding hydrogens is 385 g/mol. The molecule has 2 atom stereocenters. The Morgan fingerprint density at radius 2 is 1.64 bits per heavy atom. The maximum Gasteiger partial charge on any atom is 0.243 e. The molecule has 1 aromatic rings. The van der Waals surface area contributed by atoms with Crippen LogP contribution in [0.5, 0.6) is 0 Å². The van der Waals surface area contributed by atoms with E-state index < -0.39 is 15.8 Å². The Kier molecular flexibility index (Phi) is 5.07. The van der Waals surface area contributed by atoms with Crippen LogP contribution in [0.15, 0.2) is 41.3 Å². The van der Waals surface area contributed by atoms with Crippen LogP contribution in [-0.4, -0.2) is 62.3 Å². The van der Waals surface area contributed by atoms with Crippen molar-refractivity contribution in [2.24, 2.45) is 11.8 Å². The molecule has 7 nitrogen and oxygen atoms in total. The Bertz CT molecular complexity index is 899. The van der Waals surface area contributed by atoms with Crippen LogP contribution in [-0.2, 0) is 19.6 Å². The quantitative estimate of drug-likeness (QED) is 0.544. The van der Waals surface area contributed by atoms with Gasteiger partial charge in [-0.2, -0.15) is 4.31 Å². The van der Waals surface area contributed by atoms with Gasteiger partial charge in [0.25, 0.3) is 0 Å². The Hall–Kier alpha value is -2.10. The molecule has 9 heteroatoms. The lowest BCUT2D eigenvalue weighted by molar-refractivity contribution is -0.910. The van der Waals surface area contributed by atoms with Crippen LogP contribution >= 0.6 is 0 Å². The maximum atomic E-state index is 13.4. The highest BCUT2D eigenvalue weighted by Crippen LogP contribution is 2.34. The normalized spacial score (nSPS) is 26.7. The van der Waals surface area contributed by atoms with Gasteiger partial charge in [0.05, 0.1) is 42.9 Å². The number of nitrogens with zero attached hydrogens (tertiary/aromatic N) is 2. The van der Waals surface area contributed by atoms with Crippen LogP contribution in [0.1, 0.15) is 12.8 Å². The first-order valence-corrected chi connectivity index (χ1v) is 10.9. The lowest BCUT2D eigenvalue weighted by atomic mass is 9.85. The average Bonchev–Trinajstić information content (AvgIpc) is 2.94. The number of piperazine rings is 1. The second-order valence-corrected chi connectivity index (χ2v) is 9.47. The minimum atomic E-state index is -3.75. The standard InChI is InChI=1S/C19H22FN3O4S/c20-14-4-3-5-15(12-14)28(26,27)22-10-8-21(9-11-22)13-23-18(24)16-6-1-2-7-17(16)19(23)25/h1-5,12,16-17H,6-11,13H2/p+1/t16-,17-/m1/s1. The van der Waals surface area contributed by atoms with E-state index in [0.717, 1.165) is 11.0 Å². The second-order valence-electron chi connectivity index (χ2n) is 7.53. The molecule has 0 bridgehead atoms. The molecule has 0 spiro atoms. The number of imide groups is 1. The minimum absolute atomic E-state index is 0.0579. The number of quaternary nitrogens is 1. The zero-order valence-corrected chi connectivity index (χ0v) is 16.2. The molecule has 1 N–H and O–H groups in total. The molecule has 0 aromatic heterocycles. The molecule has 4 rings (SSSR count). The first-order valence-electron chi connectivity index (χ1n) is 9.47. The summed E-state index contributed by atoms with van der Waals surface area (Å²) in [7, 11) is -3.75. The van der Waals surface area contributed by atoms with Crippen molar-refractivity contribution in [3.63, 3.8) is 0 Å². The Balaban J connectivity index is 1.38. The van der Waals surface area contributed by atoms with Gasteiger partial charge in [0.2, 0.25) is 21.8 Å². The fraction of sp³-hybridized carbons (Fsp3) is 0.474. The van der Waals surface area contributed by atoms with E-state index in [1.807, 2.05) is 12.2 Å². The van der Waals surface area contributed by atoms with Crippen molar-refractivity contribution in [3.05, 3.63) is 42.2 Å². The summed E-state index contributed by atoms with van der Waals surface area (Å²) in [5.74, 6) is -1.30. The minimum Gasteiger partial charge on any atom is -0.315 e. The van der Waals surface area contributed by atoms with E-state index in [0.29, 0.717) is 25.9 Å². The van der Waals surface area contributed by atoms with Crippen LogP contribution in [0, 0.1) is 17.7 Å². The van der Waals surface area contributed by atoms with Gasteiger partial charge >= 0.3 is 0 Å². The molecule has 0 saturated carbocycles. The highest BCUT2D eigenvalue weighted by Gasteiger charge is 2.48. The van der Waals surface area contributed by atoms with Gasteiger partial charge in [-0.15, -0.1) is 0 Å². The summed E-state index contributed by atoms with van der Waals surface area (Å²) in [5.41, 5.74) is 0. The van der Waals surface area contributed by atoms with Crippen molar-refractivity contribution in [1.29, 1.82) is 0 Å². The van der Waals surface area contributed by atoms with Gasteiger partial charge in [-0.25, -0.2) is 17.7 Å². The van der Waals surface area contributed by atoms with Gasteiger partial charge in [-0.1, -0.05) is 18.2 Å². The molecule has 2 aliphatic heterocycles. The van der Waals surface area contributed by atoms with Gasteiger partial charge in [-0.05, 0) is 31.0 Å². The van der Waals surface area contributed by atoms with E-state index in [9.17, 15) is 22.4 Å². The number of allylic oxidation sites excluding steroid dienone is 2. The van der Waals surface area contributed by atoms with Crippen LogP contribution in [0.2, 0.25) is 0 Å². The molecule has 1 aliphatic carbocycles. The number of carbonyl (C=O) groups is 2. The zero-order chi connectivity index (χ0) is 19.9. The first-order chi connectivity index (χ1) is 13.4. The zero-order valence-electron chi connectivity index (χ0n) is 15.4. The second kappa shape index (κ2) is 7.38. The number of benzene rings is 1. The SMILES string of the molecule is O=C1[C@@H]2CC=CC[C@H]2C(=O)N1C[NH+]1CCN(S(=O)(=O)c2cccc(F)c2)CC1.